The van der Waals surface area contributed by atoms with Crippen LogP contribution in [-0.2, 0) is 4.79 Å². The monoisotopic (exact) mass is 277 g/mol. The third-order valence-corrected chi connectivity index (χ3v) is 3.41. The van der Waals surface area contributed by atoms with Crippen LogP contribution in [0.4, 0.5) is 5.69 Å². The van der Waals surface area contributed by atoms with Gasteiger partial charge in [-0.25, -0.2) is 10.0 Å². The number of nitrogens with one attached hydrogen (secondary N) is 1. The lowest BCUT2D eigenvalue weighted by molar-refractivity contribution is -0.991. The summed E-state index contributed by atoms with van der Waals surface area (Å²) in [5.74, 6) is -1.08. The highest BCUT2D eigenvalue weighted by Crippen LogP contribution is 2.24. The molecule has 5 nitrogen and oxygen atoms in total. The van der Waals surface area contributed by atoms with Crippen LogP contribution in [0.3, 0.4) is 0 Å². The first kappa shape index (κ1) is 13.4. The number of rotatable bonds is 4. The summed E-state index contributed by atoms with van der Waals surface area (Å²) in [5.41, 5.74) is 0.544. The molecule has 0 aliphatic heterocycles. The first-order valence-corrected chi connectivity index (χ1v) is 6.28. The first-order valence-electron chi connectivity index (χ1n) is 5.41. The second-order valence-electron chi connectivity index (χ2n) is 3.73. The van der Waals surface area contributed by atoms with Crippen molar-refractivity contribution in [3.8, 4) is 0 Å². The first-order chi connectivity index (χ1) is 9.09. The van der Waals surface area contributed by atoms with Gasteiger partial charge in [0.15, 0.2) is 5.69 Å². The molecule has 1 aromatic heterocycles. The molecule has 0 bridgehead atoms. The quantitative estimate of drug-likeness (QED) is 0.587. The smallest absolute Gasteiger partial charge is 0.337 e. The lowest BCUT2D eigenvalue weighted by Gasteiger charge is -2.14. The van der Waals surface area contributed by atoms with Crippen LogP contribution in [0.15, 0.2) is 41.8 Å². The van der Waals surface area contributed by atoms with E-state index in [0.29, 0.717) is 10.4 Å². The molecular weight excluding hydrogens is 266 g/mol. The van der Waals surface area contributed by atoms with Crippen LogP contribution < -0.4 is 5.23 Å². The van der Waals surface area contributed by atoms with Gasteiger partial charge in [-0.1, -0.05) is 18.2 Å². The van der Waals surface area contributed by atoms with Gasteiger partial charge in [0.05, 0.1) is 5.57 Å². The second kappa shape index (κ2) is 5.77. The highest BCUT2D eigenvalue weighted by atomic mass is 32.1. The maximum atomic E-state index is 11.3. The number of benzene rings is 1. The van der Waals surface area contributed by atoms with Crippen LogP contribution >= 0.6 is 11.3 Å². The lowest BCUT2D eigenvalue weighted by Crippen LogP contribution is -2.99. The van der Waals surface area contributed by atoms with Crippen molar-refractivity contribution >= 4 is 34.6 Å². The van der Waals surface area contributed by atoms with E-state index in [2.05, 4.69) is 0 Å². The van der Waals surface area contributed by atoms with Gasteiger partial charge in [-0.15, -0.1) is 11.3 Å². The molecule has 1 aromatic carbocycles. The van der Waals surface area contributed by atoms with Crippen molar-refractivity contribution in [2.24, 2.45) is 0 Å². The molecule has 0 radical (unpaired) electrons. The standard InChI is InChI=1S/C13H11NO4S/c15-13(16)10(12-6-3-7-19-12)8-9-4-1-2-5-11(9)14(17)18/h1-8,14,17H,(H,15,16)/b10-8+. The van der Waals surface area contributed by atoms with E-state index in [4.69, 9.17) is 5.21 Å². The summed E-state index contributed by atoms with van der Waals surface area (Å²) < 4.78 is 0. The third-order valence-electron chi connectivity index (χ3n) is 2.51. The molecule has 1 unspecified atom stereocenters. The van der Waals surface area contributed by atoms with Crippen molar-refractivity contribution in [2.45, 2.75) is 0 Å². The Morgan fingerprint density at radius 3 is 2.58 bits per heavy atom. The molecule has 0 aliphatic rings. The van der Waals surface area contributed by atoms with Crippen LogP contribution in [-0.4, -0.2) is 16.3 Å². The fraction of sp³-hybridized carbons (Fsp3) is 0. The second-order valence-corrected chi connectivity index (χ2v) is 4.68. The van der Waals surface area contributed by atoms with E-state index in [9.17, 15) is 15.1 Å². The van der Waals surface area contributed by atoms with Crippen molar-refractivity contribution in [3.05, 3.63) is 57.4 Å². The van der Waals surface area contributed by atoms with Gasteiger partial charge in [0, 0.05) is 16.5 Å². The summed E-state index contributed by atoms with van der Waals surface area (Å²) in [7, 11) is 0. The molecule has 0 spiro atoms. The summed E-state index contributed by atoms with van der Waals surface area (Å²) in [5, 5.41) is 30.1. The minimum Gasteiger partial charge on any atom is -0.595 e. The maximum absolute atomic E-state index is 11.3. The summed E-state index contributed by atoms with van der Waals surface area (Å²) in [6, 6.07) is 9.74. The van der Waals surface area contributed by atoms with Gasteiger partial charge in [-0.05, 0) is 23.6 Å². The van der Waals surface area contributed by atoms with E-state index < -0.39 is 11.2 Å². The third kappa shape index (κ3) is 3.07. The Morgan fingerprint density at radius 2 is 2.00 bits per heavy atom. The Morgan fingerprint density at radius 1 is 1.26 bits per heavy atom. The number of carboxylic acid groups (broad SMARTS) is 1. The van der Waals surface area contributed by atoms with Gasteiger partial charge in [-0.3, -0.25) is 0 Å². The zero-order valence-corrected chi connectivity index (χ0v) is 10.6. The van der Waals surface area contributed by atoms with Gasteiger partial charge < -0.3 is 10.3 Å². The predicted octanol–water partition coefficient (Wildman–Crippen LogP) is 1.78. The van der Waals surface area contributed by atoms with E-state index in [1.807, 2.05) is 0 Å². The highest BCUT2D eigenvalue weighted by molar-refractivity contribution is 7.11. The molecule has 0 fully saturated rings. The van der Waals surface area contributed by atoms with Crippen LogP contribution in [0.25, 0.3) is 11.6 Å². The highest BCUT2D eigenvalue weighted by Gasteiger charge is 2.14. The fourth-order valence-electron chi connectivity index (χ4n) is 1.64. The Kier molecular flexibility index (Phi) is 4.08. The summed E-state index contributed by atoms with van der Waals surface area (Å²) in [6.45, 7) is 0. The summed E-state index contributed by atoms with van der Waals surface area (Å²) >= 11 is 1.30. The maximum Gasteiger partial charge on any atom is 0.337 e. The molecule has 1 atom stereocenters. The molecule has 3 N–H and O–H groups in total. The topological polar surface area (TPSA) is 85.0 Å². The molecule has 0 amide bonds. The number of carboxylic acids is 1. The van der Waals surface area contributed by atoms with E-state index in [0.717, 1.165) is 0 Å². The summed E-state index contributed by atoms with van der Waals surface area (Å²) in [4.78, 5) is 11.9. The molecule has 19 heavy (non-hydrogen) atoms. The number of hydrogen-bond acceptors (Lipinski definition) is 4. The van der Waals surface area contributed by atoms with Gasteiger partial charge >= 0.3 is 5.97 Å². The average Bonchev–Trinajstić information content (AvgIpc) is 2.89. The van der Waals surface area contributed by atoms with E-state index >= 15 is 0 Å². The van der Waals surface area contributed by atoms with Crippen LogP contribution in [0.5, 0.6) is 0 Å². The zero-order valence-electron chi connectivity index (χ0n) is 9.74. The Balaban J connectivity index is 2.51. The molecule has 0 aliphatic carbocycles. The number of quaternary nitrogens is 1. The molecule has 0 saturated heterocycles. The minimum atomic E-state index is -1.08. The average molecular weight is 277 g/mol. The number of carbonyl (C=O) groups is 1. The normalized spacial score (nSPS) is 13.3. The fourth-order valence-corrected chi connectivity index (χ4v) is 2.38. The van der Waals surface area contributed by atoms with Gasteiger partial charge in [0.25, 0.3) is 0 Å². The lowest BCUT2D eigenvalue weighted by atomic mass is 10.1. The minimum absolute atomic E-state index is 0.0813. The van der Waals surface area contributed by atoms with Gasteiger partial charge in [0.1, 0.15) is 0 Å². The van der Waals surface area contributed by atoms with Crippen LogP contribution in [0.2, 0.25) is 0 Å². The summed E-state index contributed by atoms with van der Waals surface area (Å²) in [6.07, 6.45) is 1.39. The molecule has 6 heteroatoms. The van der Waals surface area contributed by atoms with Crippen molar-refractivity contribution in [3.63, 3.8) is 0 Å². The largest absolute Gasteiger partial charge is 0.595 e. The molecule has 2 aromatic rings. The number of para-hydroxylation sites is 1. The zero-order chi connectivity index (χ0) is 13.8. The van der Waals surface area contributed by atoms with Crippen molar-refractivity contribution < 1.29 is 20.3 Å². The molecule has 0 saturated carbocycles. The molecule has 98 valence electrons. The Labute approximate surface area is 113 Å². The van der Waals surface area contributed by atoms with Crippen molar-refractivity contribution in [1.29, 1.82) is 0 Å². The molecule has 2 rings (SSSR count). The van der Waals surface area contributed by atoms with E-state index in [-0.39, 0.29) is 11.3 Å². The van der Waals surface area contributed by atoms with Crippen molar-refractivity contribution in [1.82, 2.24) is 0 Å². The van der Waals surface area contributed by atoms with Crippen molar-refractivity contribution in [2.75, 3.05) is 0 Å². The number of thiophene rings is 1. The van der Waals surface area contributed by atoms with Crippen LogP contribution in [0, 0.1) is 5.21 Å². The molecule has 1 heterocycles. The van der Waals surface area contributed by atoms with E-state index in [1.54, 1.807) is 35.7 Å². The van der Waals surface area contributed by atoms with Crippen LogP contribution in [0.1, 0.15) is 10.4 Å². The van der Waals surface area contributed by atoms with E-state index in [1.165, 1.54) is 23.5 Å². The number of aliphatic carboxylic acids is 1. The SMILES string of the molecule is O=C(O)/C(=C/c1ccccc1[NH+]([O-])O)c1cccs1. The Hall–Kier alpha value is -1.99. The number of hydrogen-bond donors (Lipinski definition) is 3. The molecular formula is C13H11NO4S. The predicted molar refractivity (Wildman–Crippen MR) is 72.0 cm³/mol. The van der Waals surface area contributed by atoms with Gasteiger partial charge in [0.2, 0.25) is 0 Å². The van der Waals surface area contributed by atoms with Gasteiger partial charge in [-0.2, -0.15) is 5.23 Å². The Bertz CT molecular complexity index is 605.